The zero-order chi connectivity index (χ0) is 29.3. The molecule has 0 bridgehead atoms. The van der Waals surface area contributed by atoms with Crippen LogP contribution in [0.25, 0.3) is 11.1 Å². The van der Waals surface area contributed by atoms with Gasteiger partial charge in [0.2, 0.25) is 10.0 Å². The predicted octanol–water partition coefficient (Wildman–Crippen LogP) is 5.05. The Hall–Kier alpha value is -3.04. The van der Waals surface area contributed by atoms with Crippen molar-refractivity contribution in [2.75, 3.05) is 20.1 Å². The number of rotatable bonds is 15. The van der Waals surface area contributed by atoms with E-state index >= 15 is 0 Å². The van der Waals surface area contributed by atoms with Gasteiger partial charge >= 0.3 is 5.97 Å². The number of carboxylic acids is 1. The number of β-amino-alcohol motifs (C(OH)–C–C–N with tert-alkyl or cyclic N) is 1. The van der Waals surface area contributed by atoms with Crippen LogP contribution in [0.15, 0.2) is 77.7 Å². The van der Waals surface area contributed by atoms with Crippen LogP contribution in [0.2, 0.25) is 0 Å². The van der Waals surface area contributed by atoms with Gasteiger partial charge in [-0.1, -0.05) is 60.7 Å². The Labute approximate surface area is 238 Å². The Morgan fingerprint density at radius 3 is 2.35 bits per heavy atom. The van der Waals surface area contributed by atoms with Gasteiger partial charge < -0.3 is 15.5 Å². The van der Waals surface area contributed by atoms with Crippen molar-refractivity contribution >= 4 is 16.0 Å². The van der Waals surface area contributed by atoms with Crippen LogP contribution in [0.1, 0.15) is 49.8 Å². The molecule has 0 radical (unpaired) electrons. The minimum absolute atomic E-state index is 0.0322. The van der Waals surface area contributed by atoms with Gasteiger partial charge in [-0.25, -0.2) is 8.42 Å². The number of aliphatic hydroxyl groups excluding tert-OH is 1. The van der Waals surface area contributed by atoms with Crippen LogP contribution in [-0.2, 0) is 27.7 Å². The maximum Gasteiger partial charge on any atom is 0.303 e. The Morgan fingerprint density at radius 1 is 0.975 bits per heavy atom. The first-order valence-corrected chi connectivity index (χ1v) is 15.2. The summed E-state index contributed by atoms with van der Waals surface area (Å²) in [6.07, 6.45) is 2.49. The van der Waals surface area contributed by atoms with E-state index in [1.54, 1.807) is 18.2 Å². The van der Waals surface area contributed by atoms with Crippen molar-refractivity contribution < 1.29 is 23.4 Å². The number of benzene rings is 3. The molecule has 3 aromatic carbocycles. The number of nitrogens with one attached hydrogen (secondary N) is 1. The highest BCUT2D eigenvalue weighted by atomic mass is 32.2. The fourth-order valence-corrected chi connectivity index (χ4v) is 5.98. The van der Waals surface area contributed by atoms with Crippen LogP contribution >= 0.6 is 0 Å². The van der Waals surface area contributed by atoms with Gasteiger partial charge in [0.15, 0.2) is 0 Å². The van der Waals surface area contributed by atoms with Crippen molar-refractivity contribution in [1.29, 1.82) is 0 Å². The first kappa shape index (κ1) is 31.5. The van der Waals surface area contributed by atoms with Crippen LogP contribution in [0, 0.1) is 6.92 Å². The van der Waals surface area contributed by atoms with Crippen LogP contribution in [0.5, 0.6) is 0 Å². The molecule has 0 amide bonds. The highest BCUT2D eigenvalue weighted by Crippen LogP contribution is 2.25. The number of aliphatic carboxylic acids is 1. The first-order valence-electron chi connectivity index (χ1n) is 13.7. The summed E-state index contributed by atoms with van der Waals surface area (Å²) in [5.74, 6) is -0.861. The second-order valence-corrected chi connectivity index (χ2v) is 13.2. The summed E-state index contributed by atoms with van der Waals surface area (Å²) in [6, 6.07) is 22.5. The van der Waals surface area contributed by atoms with Gasteiger partial charge in [0.05, 0.1) is 11.0 Å². The highest BCUT2D eigenvalue weighted by Gasteiger charge is 2.25. The molecule has 3 N–H and O–H groups in total. The number of carboxylic acid groups (broad SMARTS) is 1. The molecule has 40 heavy (non-hydrogen) atoms. The van der Waals surface area contributed by atoms with E-state index < -0.39 is 22.1 Å². The van der Waals surface area contributed by atoms with E-state index in [2.05, 4.69) is 44.3 Å². The van der Waals surface area contributed by atoms with Crippen molar-refractivity contribution in [3.05, 3.63) is 89.5 Å². The summed E-state index contributed by atoms with van der Waals surface area (Å²) in [6.45, 7) is 6.56. The van der Waals surface area contributed by atoms with Gasteiger partial charge in [-0.2, -0.15) is 4.31 Å². The number of likely N-dealkylation sites (N-methyl/N-ethyl adjacent to an activating group) is 1. The average molecular weight is 567 g/mol. The van der Waals surface area contributed by atoms with Gasteiger partial charge in [0, 0.05) is 32.1 Å². The van der Waals surface area contributed by atoms with E-state index in [1.807, 2.05) is 36.4 Å². The summed E-state index contributed by atoms with van der Waals surface area (Å²) < 4.78 is 27.8. The molecule has 0 aliphatic rings. The molecular weight excluding hydrogens is 524 g/mol. The molecule has 3 aromatic rings. The Morgan fingerprint density at radius 2 is 1.65 bits per heavy atom. The number of hydrogen-bond donors (Lipinski definition) is 3. The molecule has 0 aromatic heterocycles. The first-order chi connectivity index (χ1) is 18.9. The van der Waals surface area contributed by atoms with Crippen molar-refractivity contribution in [3.8, 4) is 11.1 Å². The minimum Gasteiger partial charge on any atom is -0.481 e. The summed E-state index contributed by atoms with van der Waals surface area (Å²) in [4.78, 5) is 11.1. The second-order valence-electron chi connectivity index (χ2n) is 11.1. The summed E-state index contributed by atoms with van der Waals surface area (Å²) in [5, 5.41) is 23.0. The number of sulfonamides is 1. The number of nitrogens with zero attached hydrogens (tertiary/aromatic N) is 1. The Bertz CT molecular complexity index is 1390. The molecule has 8 heteroatoms. The average Bonchev–Trinajstić information content (AvgIpc) is 2.92. The quantitative estimate of drug-likeness (QED) is 0.238. The van der Waals surface area contributed by atoms with Crippen LogP contribution in [0.4, 0.5) is 0 Å². The molecule has 7 nitrogen and oxygen atoms in total. The Balaban J connectivity index is 1.57. The van der Waals surface area contributed by atoms with Gasteiger partial charge in [0.25, 0.3) is 0 Å². The number of aryl methyl sites for hydroxylation is 3. The van der Waals surface area contributed by atoms with Crippen molar-refractivity contribution in [2.45, 2.75) is 69.4 Å². The van der Waals surface area contributed by atoms with Gasteiger partial charge in [0.1, 0.15) is 0 Å². The third-order valence-electron chi connectivity index (χ3n) is 7.22. The molecular formula is C32H42N2O5S. The van der Waals surface area contributed by atoms with Crippen LogP contribution < -0.4 is 5.32 Å². The highest BCUT2D eigenvalue weighted by molar-refractivity contribution is 7.89. The zero-order valence-electron chi connectivity index (χ0n) is 23.9. The van der Waals surface area contributed by atoms with E-state index in [4.69, 9.17) is 5.11 Å². The molecule has 3 rings (SSSR count). The van der Waals surface area contributed by atoms with E-state index in [0.29, 0.717) is 6.42 Å². The molecule has 0 aliphatic heterocycles. The molecule has 216 valence electrons. The summed E-state index contributed by atoms with van der Waals surface area (Å²) >= 11 is 0. The van der Waals surface area contributed by atoms with E-state index in [0.717, 1.165) is 36.0 Å². The maximum absolute atomic E-state index is 13.3. The SMILES string of the molecule is Cc1ccccc1CCCC(C)(C)NC[C@@H](O)CN(C)S(=O)(=O)c1cccc(-c2cccc(CCC(=O)O)c2)c1. The minimum atomic E-state index is -3.83. The third-order valence-corrected chi connectivity index (χ3v) is 9.04. The van der Waals surface area contributed by atoms with Gasteiger partial charge in [-0.05, 0) is 86.4 Å². The van der Waals surface area contributed by atoms with Crippen molar-refractivity contribution in [1.82, 2.24) is 9.62 Å². The zero-order valence-corrected chi connectivity index (χ0v) is 24.7. The number of hydrogen-bond acceptors (Lipinski definition) is 5. The standard InChI is InChI=1S/C32H42N2O5S/c1-24-10-5-6-12-26(24)15-9-19-32(2,3)33-22-29(35)23-34(4)40(38,39)30-16-8-14-28(21-30)27-13-7-11-25(20-27)17-18-31(36)37/h5-8,10-14,16,20-21,29,33,35H,9,15,17-19,22-23H2,1-4H3,(H,36,37)/t29-/m1/s1. The molecule has 0 fully saturated rings. The third kappa shape index (κ3) is 9.27. The van der Waals surface area contributed by atoms with Crippen molar-refractivity contribution in [3.63, 3.8) is 0 Å². The number of aliphatic hydroxyl groups is 1. The molecule has 0 spiro atoms. The van der Waals surface area contributed by atoms with E-state index in [9.17, 15) is 18.3 Å². The maximum atomic E-state index is 13.3. The van der Waals surface area contributed by atoms with Crippen LogP contribution in [-0.4, -0.2) is 60.7 Å². The lowest BCUT2D eigenvalue weighted by Crippen LogP contribution is -2.46. The molecule has 1 atom stereocenters. The molecule has 0 unspecified atom stereocenters. The lowest BCUT2D eigenvalue weighted by atomic mass is 9.94. The largest absolute Gasteiger partial charge is 0.481 e. The lowest BCUT2D eigenvalue weighted by molar-refractivity contribution is -0.136. The smallest absolute Gasteiger partial charge is 0.303 e. The van der Waals surface area contributed by atoms with Crippen LogP contribution in [0.3, 0.4) is 0 Å². The summed E-state index contributed by atoms with van der Waals surface area (Å²) in [5.41, 5.74) is 4.86. The fourth-order valence-electron chi connectivity index (χ4n) is 4.73. The molecule has 0 saturated carbocycles. The second kappa shape index (κ2) is 14.0. The van der Waals surface area contributed by atoms with Crippen molar-refractivity contribution in [2.24, 2.45) is 0 Å². The lowest BCUT2D eigenvalue weighted by Gasteiger charge is -2.29. The topological polar surface area (TPSA) is 107 Å². The molecule has 0 heterocycles. The fraction of sp³-hybridized carbons (Fsp3) is 0.406. The summed E-state index contributed by atoms with van der Waals surface area (Å²) in [7, 11) is -2.35. The van der Waals surface area contributed by atoms with Gasteiger partial charge in [-0.3, -0.25) is 4.79 Å². The monoisotopic (exact) mass is 566 g/mol. The Kier molecular flexibility index (Phi) is 11.0. The molecule has 0 aliphatic carbocycles. The normalized spacial score (nSPS) is 12.9. The van der Waals surface area contributed by atoms with Gasteiger partial charge in [-0.15, -0.1) is 0 Å². The van der Waals surface area contributed by atoms with E-state index in [-0.39, 0.29) is 29.9 Å². The molecule has 0 saturated heterocycles. The predicted molar refractivity (Wildman–Crippen MR) is 160 cm³/mol. The number of carbonyl (C=O) groups is 1. The van der Waals surface area contributed by atoms with E-state index in [1.165, 1.54) is 22.5 Å².